The minimum Gasteiger partial charge on any atom is -0.493 e. The minimum absolute atomic E-state index is 0.158. The lowest BCUT2D eigenvalue weighted by Gasteiger charge is -2.18. The zero-order chi connectivity index (χ0) is 15.4. The maximum absolute atomic E-state index is 5.32. The van der Waals surface area contributed by atoms with Gasteiger partial charge < -0.3 is 14.8 Å². The Morgan fingerprint density at radius 3 is 2.29 bits per heavy atom. The molecule has 0 fully saturated rings. The number of hydrogen-bond donors (Lipinski definition) is 1. The van der Waals surface area contributed by atoms with Gasteiger partial charge in [0.05, 0.1) is 14.2 Å². The Hall–Kier alpha value is -1.20. The molecular formula is C16H17Br2NO2. The zero-order valence-corrected chi connectivity index (χ0v) is 15.3. The molecule has 2 rings (SSSR count). The lowest BCUT2D eigenvalue weighted by atomic mass is 10.1. The van der Waals surface area contributed by atoms with Crippen LogP contribution in [0, 0.1) is 0 Å². The van der Waals surface area contributed by atoms with E-state index in [0.717, 1.165) is 20.4 Å². The second-order valence-electron chi connectivity index (χ2n) is 4.60. The molecule has 0 aromatic heterocycles. The largest absolute Gasteiger partial charge is 0.493 e. The van der Waals surface area contributed by atoms with E-state index in [-0.39, 0.29) is 6.04 Å². The van der Waals surface area contributed by atoms with Gasteiger partial charge in [0.1, 0.15) is 0 Å². The van der Waals surface area contributed by atoms with Gasteiger partial charge in [-0.15, -0.1) is 0 Å². The van der Waals surface area contributed by atoms with Crippen LogP contribution in [0.5, 0.6) is 11.5 Å². The Balaban J connectivity index is 2.21. The highest BCUT2D eigenvalue weighted by atomic mass is 79.9. The van der Waals surface area contributed by atoms with Crippen molar-refractivity contribution in [3.05, 3.63) is 50.9 Å². The van der Waals surface area contributed by atoms with Crippen LogP contribution >= 0.6 is 31.9 Å². The summed E-state index contributed by atoms with van der Waals surface area (Å²) in [7, 11) is 3.27. The molecule has 0 saturated carbocycles. The first-order chi connectivity index (χ1) is 10.0. The number of halogens is 2. The highest BCUT2D eigenvalue weighted by Gasteiger charge is 2.11. The van der Waals surface area contributed by atoms with Crippen LogP contribution in [0.25, 0.3) is 0 Å². The summed E-state index contributed by atoms with van der Waals surface area (Å²) in [5.41, 5.74) is 2.17. The summed E-state index contributed by atoms with van der Waals surface area (Å²) in [6, 6.07) is 12.1. The molecule has 1 unspecified atom stereocenters. The molecule has 0 heterocycles. The zero-order valence-electron chi connectivity index (χ0n) is 12.1. The Kier molecular flexibility index (Phi) is 5.53. The summed E-state index contributed by atoms with van der Waals surface area (Å²) in [4.78, 5) is 0. The molecule has 0 aliphatic heterocycles. The Morgan fingerprint density at radius 1 is 0.952 bits per heavy atom. The summed E-state index contributed by atoms with van der Waals surface area (Å²) < 4.78 is 12.7. The molecule has 0 radical (unpaired) electrons. The lowest BCUT2D eigenvalue weighted by Crippen LogP contribution is -2.07. The smallest absolute Gasteiger partial charge is 0.162 e. The Morgan fingerprint density at radius 2 is 1.67 bits per heavy atom. The molecule has 21 heavy (non-hydrogen) atoms. The third kappa shape index (κ3) is 3.92. The van der Waals surface area contributed by atoms with Gasteiger partial charge in [-0.25, -0.2) is 0 Å². The molecule has 112 valence electrons. The van der Waals surface area contributed by atoms with Crippen LogP contribution in [-0.4, -0.2) is 14.2 Å². The average molecular weight is 415 g/mol. The quantitative estimate of drug-likeness (QED) is 0.710. The van der Waals surface area contributed by atoms with Crippen LogP contribution in [0.3, 0.4) is 0 Å². The number of methoxy groups -OCH3 is 2. The second kappa shape index (κ2) is 7.18. The van der Waals surface area contributed by atoms with E-state index in [0.29, 0.717) is 5.75 Å². The van der Waals surface area contributed by atoms with Crippen molar-refractivity contribution in [2.24, 2.45) is 0 Å². The standard InChI is InChI=1S/C16H17Br2NO2/c1-10(13-6-4-11(17)8-14(13)18)19-12-5-7-15(20-2)16(9-12)21-3/h4-10,19H,1-3H3. The summed E-state index contributed by atoms with van der Waals surface area (Å²) in [6.07, 6.45) is 0. The van der Waals surface area contributed by atoms with Crippen molar-refractivity contribution >= 4 is 37.5 Å². The van der Waals surface area contributed by atoms with Crippen LogP contribution in [0.2, 0.25) is 0 Å². The van der Waals surface area contributed by atoms with E-state index in [4.69, 9.17) is 9.47 Å². The summed E-state index contributed by atoms with van der Waals surface area (Å²) in [5, 5.41) is 3.46. The van der Waals surface area contributed by atoms with E-state index in [1.807, 2.05) is 30.3 Å². The van der Waals surface area contributed by atoms with Crippen molar-refractivity contribution in [3.63, 3.8) is 0 Å². The van der Waals surface area contributed by atoms with Gasteiger partial charge in [0.25, 0.3) is 0 Å². The molecule has 2 aromatic carbocycles. The van der Waals surface area contributed by atoms with Crippen LogP contribution in [0.4, 0.5) is 5.69 Å². The van der Waals surface area contributed by atoms with E-state index < -0.39 is 0 Å². The molecule has 0 bridgehead atoms. The lowest BCUT2D eigenvalue weighted by molar-refractivity contribution is 0.355. The number of hydrogen-bond acceptors (Lipinski definition) is 3. The van der Waals surface area contributed by atoms with E-state index in [1.165, 1.54) is 5.56 Å². The van der Waals surface area contributed by atoms with Crippen LogP contribution < -0.4 is 14.8 Å². The number of nitrogens with one attached hydrogen (secondary N) is 1. The van der Waals surface area contributed by atoms with Crippen molar-refractivity contribution in [2.45, 2.75) is 13.0 Å². The summed E-state index contributed by atoms with van der Waals surface area (Å²) in [5.74, 6) is 1.44. The summed E-state index contributed by atoms with van der Waals surface area (Å²) >= 11 is 7.06. The fraction of sp³-hybridized carbons (Fsp3) is 0.250. The predicted molar refractivity (Wildman–Crippen MR) is 93.4 cm³/mol. The third-order valence-corrected chi connectivity index (χ3v) is 4.38. The van der Waals surface area contributed by atoms with Crippen LogP contribution in [0.1, 0.15) is 18.5 Å². The van der Waals surface area contributed by atoms with Gasteiger partial charge in [-0.3, -0.25) is 0 Å². The van der Waals surface area contributed by atoms with Crippen LogP contribution in [0.15, 0.2) is 45.3 Å². The van der Waals surface area contributed by atoms with Gasteiger partial charge >= 0.3 is 0 Å². The van der Waals surface area contributed by atoms with Crippen molar-refractivity contribution in [2.75, 3.05) is 19.5 Å². The van der Waals surface area contributed by atoms with E-state index in [9.17, 15) is 0 Å². The molecule has 3 nitrogen and oxygen atoms in total. The molecule has 0 saturated heterocycles. The highest BCUT2D eigenvalue weighted by molar-refractivity contribution is 9.11. The van der Waals surface area contributed by atoms with Crippen molar-refractivity contribution < 1.29 is 9.47 Å². The van der Waals surface area contributed by atoms with Gasteiger partial charge in [-0.05, 0) is 36.8 Å². The number of benzene rings is 2. The molecule has 1 N–H and O–H groups in total. The number of ether oxygens (including phenoxy) is 2. The predicted octanol–water partition coefficient (Wildman–Crippen LogP) is 5.40. The number of anilines is 1. The van der Waals surface area contributed by atoms with Crippen molar-refractivity contribution in [1.82, 2.24) is 0 Å². The minimum atomic E-state index is 0.158. The molecule has 0 spiro atoms. The summed E-state index contributed by atoms with van der Waals surface area (Å²) in [6.45, 7) is 2.12. The number of rotatable bonds is 5. The first-order valence-electron chi connectivity index (χ1n) is 6.48. The maximum Gasteiger partial charge on any atom is 0.162 e. The monoisotopic (exact) mass is 413 g/mol. The Bertz CT molecular complexity index is 632. The first-order valence-corrected chi connectivity index (χ1v) is 8.07. The van der Waals surface area contributed by atoms with Crippen LogP contribution in [-0.2, 0) is 0 Å². The molecule has 5 heteroatoms. The van der Waals surface area contributed by atoms with E-state index >= 15 is 0 Å². The van der Waals surface area contributed by atoms with Gasteiger partial charge in [0, 0.05) is 26.7 Å². The molecule has 0 amide bonds. The first kappa shape index (κ1) is 16.2. The van der Waals surface area contributed by atoms with E-state index in [2.05, 4.69) is 50.2 Å². The topological polar surface area (TPSA) is 30.5 Å². The maximum atomic E-state index is 5.32. The average Bonchev–Trinajstić information content (AvgIpc) is 2.46. The van der Waals surface area contributed by atoms with Crippen molar-refractivity contribution in [1.29, 1.82) is 0 Å². The SMILES string of the molecule is COc1ccc(NC(C)c2ccc(Br)cc2Br)cc1OC. The fourth-order valence-corrected chi connectivity index (χ4v) is 3.50. The van der Waals surface area contributed by atoms with Gasteiger partial charge in [-0.2, -0.15) is 0 Å². The van der Waals surface area contributed by atoms with Gasteiger partial charge in [-0.1, -0.05) is 37.9 Å². The van der Waals surface area contributed by atoms with Crippen molar-refractivity contribution in [3.8, 4) is 11.5 Å². The molecule has 0 aliphatic rings. The highest BCUT2D eigenvalue weighted by Crippen LogP contribution is 2.33. The molecule has 1 atom stereocenters. The molecule has 2 aromatic rings. The normalized spacial score (nSPS) is 11.9. The third-order valence-electron chi connectivity index (χ3n) is 3.20. The molecule has 0 aliphatic carbocycles. The molecular weight excluding hydrogens is 398 g/mol. The van der Waals surface area contributed by atoms with Gasteiger partial charge in [0.2, 0.25) is 0 Å². The van der Waals surface area contributed by atoms with E-state index in [1.54, 1.807) is 14.2 Å². The fourth-order valence-electron chi connectivity index (χ4n) is 2.11. The Labute approximate surface area is 141 Å². The van der Waals surface area contributed by atoms with Gasteiger partial charge in [0.15, 0.2) is 11.5 Å². The second-order valence-corrected chi connectivity index (χ2v) is 6.37.